The molecular formula is C12H12ClNOS. The molecule has 0 aliphatic rings. The molecule has 0 N–H and O–H groups in total. The summed E-state index contributed by atoms with van der Waals surface area (Å²) in [7, 11) is 0. The molecule has 0 radical (unpaired) electrons. The lowest BCUT2D eigenvalue weighted by Gasteiger charge is -2.09. The van der Waals surface area contributed by atoms with Gasteiger partial charge in [0, 0.05) is 17.1 Å². The van der Waals surface area contributed by atoms with Crippen molar-refractivity contribution in [1.82, 2.24) is 4.98 Å². The van der Waals surface area contributed by atoms with Gasteiger partial charge < -0.3 is 4.74 Å². The smallest absolute Gasteiger partial charge is 0.140 e. The summed E-state index contributed by atoms with van der Waals surface area (Å²) >= 11 is 7.46. The maximum Gasteiger partial charge on any atom is 0.140 e. The zero-order chi connectivity index (χ0) is 11.4. The predicted molar refractivity (Wildman–Crippen MR) is 67.2 cm³/mol. The van der Waals surface area contributed by atoms with Gasteiger partial charge in [-0.1, -0.05) is 17.7 Å². The molecule has 2 rings (SSSR count). The van der Waals surface area contributed by atoms with Crippen LogP contribution in [-0.2, 0) is 12.5 Å². The van der Waals surface area contributed by atoms with Gasteiger partial charge in [0.1, 0.15) is 17.4 Å². The molecule has 0 bridgehead atoms. The van der Waals surface area contributed by atoms with Gasteiger partial charge in [-0.15, -0.1) is 22.9 Å². The van der Waals surface area contributed by atoms with E-state index in [-0.39, 0.29) is 0 Å². The van der Waals surface area contributed by atoms with E-state index in [1.54, 1.807) is 17.5 Å². The highest BCUT2D eigenvalue weighted by Gasteiger charge is 2.04. The van der Waals surface area contributed by atoms with Crippen molar-refractivity contribution in [1.29, 1.82) is 0 Å². The highest BCUT2D eigenvalue weighted by atomic mass is 35.5. The van der Waals surface area contributed by atoms with Crippen molar-refractivity contribution in [2.75, 3.05) is 0 Å². The predicted octanol–water partition coefficient (Wildman–Crippen LogP) is 3.77. The summed E-state index contributed by atoms with van der Waals surface area (Å²) in [5, 5.41) is 2.91. The normalized spacial score (nSPS) is 10.4. The number of thiazole rings is 1. The number of alkyl halides is 1. The zero-order valence-corrected chi connectivity index (χ0v) is 10.5. The first-order chi connectivity index (χ1) is 7.79. The Balaban J connectivity index is 2.09. The number of aromatic nitrogens is 1. The highest BCUT2D eigenvalue weighted by molar-refractivity contribution is 7.09. The summed E-state index contributed by atoms with van der Waals surface area (Å²) in [6.07, 6.45) is 1.78. The quantitative estimate of drug-likeness (QED) is 0.774. The van der Waals surface area contributed by atoms with Crippen LogP contribution < -0.4 is 4.74 Å². The molecule has 0 amide bonds. The standard InChI is InChI=1S/C12H12ClNOS/c1-9-2-3-11(10(6-9)7-13)15-8-12-14-4-5-16-12/h2-6H,7-8H2,1H3. The van der Waals surface area contributed by atoms with E-state index in [1.165, 1.54) is 5.56 Å². The third-order valence-electron chi connectivity index (χ3n) is 2.19. The molecule has 1 aromatic carbocycles. The molecule has 16 heavy (non-hydrogen) atoms. The largest absolute Gasteiger partial charge is 0.486 e. The number of hydrogen-bond acceptors (Lipinski definition) is 3. The van der Waals surface area contributed by atoms with Gasteiger partial charge >= 0.3 is 0 Å². The Kier molecular flexibility index (Phi) is 3.80. The molecule has 1 aromatic heterocycles. The van der Waals surface area contributed by atoms with Gasteiger partial charge in [0.15, 0.2) is 0 Å². The molecule has 0 atom stereocenters. The zero-order valence-electron chi connectivity index (χ0n) is 8.94. The lowest BCUT2D eigenvalue weighted by Crippen LogP contribution is -1.97. The fourth-order valence-electron chi connectivity index (χ4n) is 1.42. The van der Waals surface area contributed by atoms with Crippen LogP contribution in [0.4, 0.5) is 0 Å². The first-order valence-electron chi connectivity index (χ1n) is 4.96. The molecule has 4 heteroatoms. The van der Waals surface area contributed by atoms with Crippen molar-refractivity contribution in [3.8, 4) is 5.75 Å². The number of nitrogens with zero attached hydrogens (tertiary/aromatic N) is 1. The second kappa shape index (κ2) is 5.32. The van der Waals surface area contributed by atoms with Crippen molar-refractivity contribution in [2.45, 2.75) is 19.4 Å². The van der Waals surface area contributed by atoms with Crippen LogP contribution in [0.3, 0.4) is 0 Å². The van der Waals surface area contributed by atoms with Gasteiger partial charge in [-0.25, -0.2) is 4.98 Å². The van der Waals surface area contributed by atoms with Crippen LogP contribution >= 0.6 is 22.9 Å². The molecule has 0 aliphatic heterocycles. The van der Waals surface area contributed by atoms with Gasteiger partial charge in [-0.3, -0.25) is 0 Å². The minimum atomic E-state index is 0.467. The van der Waals surface area contributed by atoms with Crippen molar-refractivity contribution >= 4 is 22.9 Å². The lowest BCUT2D eigenvalue weighted by molar-refractivity contribution is 0.303. The molecule has 2 aromatic rings. The van der Waals surface area contributed by atoms with Crippen molar-refractivity contribution in [3.63, 3.8) is 0 Å². The van der Waals surface area contributed by atoms with E-state index in [0.717, 1.165) is 16.3 Å². The number of halogens is 1. The molecule has 0 spiro atoms. The van der Waals surface area contributed by atoms with E-state index >= 15 is 0 Å². The molecule has 2 nitrogen and oxygen atoms in total. The van der Waals surface area contributed by atoms with E-state index in [0.29, 0.717) is 12.5 Å². The Bertz CT molecular complexity index is 456. The summed E-state index contributed by atoms with van der Waals surface area (Å²) in [6, 6.07) is 6.03. The maximum atomic E-state index is 5.87. The van der Waals surface area contributed by atoms with Crippen LogP contribution in [0.1, 0.15) is 16.1 Å². The molecule has 0 saturated carbocycles. The second-order valence-corrected chi connectivity index (χ2v) is 4.71. The molecule has 84 valence electrons. The molecular weight excluding hydrogens is 242 g/mol. The van der Waals surface area contributed by atoms with Gasteiger partial charge in [0.05, 0.1) is 5.88 Å². The van der Waals surface area contributed by atoms with Crippen LogP contribution in [0, 0.1) is 6.92 Å². The third-order valence-corrected chi connectivity index (χ3v) is 3.24. The number of aryl methyl sites for hydroxylation is 1. The van der Waals surface area contributed by atoms with Crippen LogP contribution in [0.5, 0.6) is 5.75 Å². The van der Waals surface area contributed by atoms with Crippen molar-refractivity contribution < 1.29 is 4.74 Å². The Morgan fingerprint density at radius 2 is 2.31 bits per heavy atom. The highest BCUT2D eigenvalue weighted by Crippen LogP contribution is 2.23. The Morgan fingerprint density at radius 1 is 1.44 bits per heavy atom. The van der Waals surface area contributed by atoms with Crippen LogP contribution in [0.15, 0.2) is 29.8 Å². The summed E-state index contributed by atoms with van der Waals surface area (Å²) in [6.45, 7) is 2.55. The van der Waals surface area contributed by atoms with E-state index in [2.05, 4.69) is 4.98 Å². The fraction of sp³-hybridized carbons (Fsp3) is 0.250. The van der Waals surface area contributed by atoms with E-state index in [9.17, 15) is 0 Å². The second-order valence-electron chi connectivity index (χ2n) is 3.46. The van der Waals surface area contributed by atoms with Gasteiger partial charge in [-0.2, -0.15) is 0 Å². The summed E-state index contributed by atoms with van der Waals surface area (Å²) < 4.78 is 5.69. The molecule has 0 aliphatic carbocycles. The van der Waals surface area contributed by atoms with Gasteiger partial charge in [0.2, 0.25) is 0 Å². The molecule has 1 heterocycles. The monoisotopic (exact) mass is 253 g/mol. The van der Waals surface area contributed by atoms with Gasteiger partial charge in [-0.05, 0) is 13.0 Å². The molecule has 0 unspecified atom stereocenters. The van der Waals surface area contributed by atoms with E-state index in [4.69, 9.17) is 16.3 Å². The van der Waals surface area contributed by atoms with Crippen molar-refractivity contribution in [3.05, 3.63) is 45.9 Å². The van der Waals surface area contributed by atoms with E-state index in [1.807, 2.05) is 30.5 Å². The first kappa shape index (κ1) is 11.4. The summed E-state index contributed by atoms with van der Waals surface area (Å²) in [4.78, 5) is 4.16. The average Bonchev–Trinajstić information content (AvgIpc) is 2.80. The Labute approximate surface area is 104 Å². The maximum absolute atomic E-state index is 5.87. The lowest BCUT2D eigenvalue weighted by atomic mass is 10.1. The minimum Gasteiger partial charge on any atom is -0.486 e. The fourth-order valence-corrected chi connectivity index (χ4v) is 2.15. The first-order valence-corrected chi connectivity index (χ1v) is 6.37. The van der Waals surface area contributed by atoms with Crippen molar-refractivity contribution in [2.24, 2.45) is 0 Å². The minimum absolute atomic E-state index is 0.467. The number of rotatable bonds is 4. The number of benzene rings is 1. The van der Waals surface area contributed by atoms with Crippen LogP contribution in [0.25, 0.3) is 0 Å². The average molecular weight is 254 g/mol. The van der Waals surface area contributed by atoms with E-state index < -0.39 is 0 Å². The van der Waals surface area contributed by atoms with Crippen LogP contribution in [-0.4, -0.2) is 4.98 Å². The number of hydrogen-bond donors (Lipinski definition) is 0. The summed E-state index contributed by atoms with van der Waals surface area (Å²) in [5.74, 6) is 1.31. The van der Waals surface area contributed by atoms with Crippen LogP contribution in [0.2, 0.25) is 0 Å². The van der Waals surface area contributed by atoms with Gasteiger partial charge in [0.25, 0.3) is 0 Å². The molecule has 0 fully saturated rings. The molecule has 0 saturated heterocycles. The third kappa shape index (κ3) is 2.74. The summed E-state index contributed by atoms with van der Waals surface area (Å²) in [5.41, 5.74) is 2.22. The SMILES string of the molecule is Cc1ccc(OCc2nccs2)c(CCl)c1. The Morgan fingerprint density at radius 3 is 3.00 bits per heavy atom. The number of ether oxygens (including phenoxy) is 1. The topological polar surface area (TPSA) is 22.1 Å². The Hall–Kier alpha value is -1.06.